The van der Waals surface area contributed by atoms with Crippen molar-refractivity contribution in [1.29, 1.82) is 5.26 Å². The van der Waals surface area contributed by atoms with Gasteiger partial charge in [-0.2, -0.15) is 18.4 Å². The van der Waals surface area contributed by atoms with E-state index in [1.54, 1.807) is 18.2 Å². The van der Waals surface area contributed by atoms with Gasteiger partial charge in [-0.15, -0.1) is 0 Å². The van der Waals surface area contributed by atoms with Crippen LogP contribution in [0.3, 0.4) is 0 Å². The number of alkyl halides is 3. The Balaban J connectivity index is 1.75. The van der Waals surface area contributed by atoms with Crippen molar-refractivity contribution in [3.63, 3.8) is 0 Å². The Kier molecular flexibility index (Phi) is 9.20. The molecule has 0 saturated heterocycles. The molecule has 2 atom stereocenters. The van der Waals surface area contributed by atoms with Gasteiger partial charge in [-0.1, -0.05) is 23.7 Å². The third-order valence-electron chi connectivity index (χ3n) is 5.65. The molecule has 3 aromatic rings. The lowest BCUT2D eigenvalue weighted by molar-refractivity contribution is -0.141. The maximum Gasteiger partial charge on any atom is 0.416 e. The van der Waals surface area contributed by atoms with E-state index in [9.17, 15) is 28.0 Å². The number of halogens is 4. The summed E-state index contributed by atoms with van der Waals surface area (Å²) >= 11 is 6.22. The molecule has 0 aliphatic rings. The van der Waals surface area contributed by atoms with Gasteiger partial charge >= 0.3 is 6.18 Å². The van der Waals surface area contributed by atoms with Gasteiger partial charge in [0.1, 0.15) is 17.2 Å². The van der Waals surface area contributed by atoms with Crippen LogP contribution >= 0.6 is 11.6 Å². The zero-order valence-corrected chi connectivity index (χ0v) is 21.5. The van der Waals surface area contributed by atoms with Gasteiger partial charge in [-0.25, -0.2) is 0 Å². The van der Waals surface area contributed by atoms with Crippen LogP contribution in [0.1, 0.15) is 12.5 Å². The van der Waals surface area contributed by atoms with Gasteiger partial charge in [0, 0.05) is 26.8 Å². The maximum absolute atomic E-state index is 13.0. The number of likely N-dealkylation sites (N-methyl/N-ethyl adjacent to an activating group) is 1. The van der Waals surface area contributed by atoms with Crippen LogP contribution in [-0.4, -0.2) is 50.0 Å². The minimum atomic E-state index is -4.44. The fraction of sp³-hybridized carbons (Fsp3) is 0.296. The first-order valence-electron chi connectivity index (χ1n) is 11.4. The molecule has 0 saturated carbocycles. The molecule has 3 rings (SSSR count). The van der Waals surface area contributed by atoms with Crippen LogP contribution in [0.2, 0.25) is 5.02 Å². The number of hydrogen-bond acceptors (Lipinski definition) is 6. The first kappa shape index (κ1) is 28.8. The van der Waals surface area contributed by atoms with Crippen LogP contribution in [0.4, 0.5) is 13.2 Å². The number of nitrogens with zero attached hydrogens (tertiary/aromatic N) is 2. The highest BCUT2D eigenvalue weighted by Crippen LogP contribution is 2.35. The van der Waals surface area contributed by atoms with Gasteiger partial charge in [0.15, 0.2) is 17.8 Å². The number of rotatable bonds is 10. The number of carbonyl (C=O) groups excluding carboxylic acids is 2. The number of Topliss-reactive ketones (excluding diaryl/α,β-unsaturated/α-hetero) is 1. The highest BCUT2D eigenvalue weighted by Gasteiger charge is 2.34. The van der Waals surface area contributed by atoms with Crippen molar-refractivity contribution >= 4 is 34.1 Å². The third kappa shape index (κ3) is 6.94. The van der Waals surface area contributed by atoms with Crippen molar-refractivity contribution in [2.24, 2.45) is 5.92 Å². The fourth-order valence-electron chi connectivity index (χ4n) is 3.52. The lowest BCUT2D eigenvalue weighted by Gasteiger charge is -2.22. The van der Waals surface area contributed by atoms with Gasteiger partial charge in [0.25, 0.3) is 0 Å². The van der Waals surface area contributed by atoms with Crippen molar-refractivity contribution < 1.29 is 37.0 Å². The molecule has 0 N–H and O–H groups in total. The summed E-state index contributed by atoms with van der Waals surface area (Å²) in [5, 5.41) is 10.5. The Bertz CT molecular complexity index is 1370. The molecule has 200 valence electrons. The van der Waals surface area contributed by atoms with Gasteiger partial charge < -0.3 is 19.1 Å². The number of amides is 1. The first-order chi connectivity index (χ1) is 17.9. The van der Waals surface area contributed by atoms with Crippen molar-refractivity contribution in [1.82, 2.24) is 4.90 Å². The van der Waals surface area contributed by atoms with E-state index in [2.05, 4.69) is 0 Å². The predicted molar refractivity (Wildman–Crippen MR) is 134 cm³/mol. The van der Waals surface area contributed by atoms with Crippen LogP contribution in [0, 0.1) is 17.2 Å². The van der Waals surface area contributed by atoms with Crippen LogP contribution in [0.5, 0.6) is 17.2 Å². The minimum absolute atomic E-state index is 0.0810. The van der Waals surface area contributed by atoms with E-state index >= 15 is 0 Å². The highest BCUT2D eigenvalue weighted by atomic mass is 35.5. The second-order valence-corrected chi connectivity index (χ2v) is 8.80. The Morgan fingerprint density at radius 3 is 2.34 bits per heavy atom. The fourth-order valence-corrected chi connectivity index (χ4v) is 3.68. The van der Waals surface area contributed by atoms with Crippen LogP contribution < -0.4 is 9.47 Å². The Morgan fingerprint density at radius 2 is 1.68 bits per heavy atom. The average Bonchev–Trinajstić information content (AvgIpc) is 2.88. The van der Waals surface area contributed by atoms with Crippen molar-refractivity contribution in [2.75, 3.05) is 27.3 Å². The summed E-state index contributed by atoms with van der Waals surface area (Å²) in [5.74, 6) is -2.27. The Labute approximate surface area is 222 Å². The first-order valence-corrected chi connectivity index (χ1v) is 11.7. The van der Waals surface area contributed by atoms with Gasteiger partial charge in [0.05, 0.1) is 23.3 Å². The summed E-state index contributed by atoms with van der Waals surface area (Å²) in [5.41, 5.74) is -0.746. The predicted octanol–water partition coefficient (Wildman–Crippen LogP) is 5.89. The molecule has 0 spiro atoms. The van der Waals surface area contributed by atoms with E-state index in [0.29, 0.717) is 16.5 Å². The Hall–Kier alpha value is -3.81. The van der Waals surface area contributed by atoms with Crippen molar-refractivity contribution in [2.45, 2.75) is 19.2 Å². The molecule has 11 heteroatoms. The van der Waals surface area contributed by atoms with Gasteiger partial charge in [-0.3, -0.25) is 9.59 Å². The molecule has 3 aromatic carbocycles. The monoisotopic (exact) mass is 548 g/mol. The summed E-state index contributed by atoms with van der Waals surface area (Å²) < 4.78 is 55.3. The standard InChI is InChI=1S/C27H24ClF3N2O5/c1-16(25(34)22(15-32)26(35)33(2)10-11-36-3)37-24-14-21(8-9-23(24)28)38-20-7-5-17-12-19(27(29,30)31)6-4-18(17)13-20/h4-9,12-14,16,22H,10-11H2,1-3H3. The lowest BCUT2D eigenvalue weighted by Crippen LogP contribution is -2.42. The second-order valence-electron chi connectivity index (χ2n) is 8.39. The highest BCUT2D eigenvalue weighted by molar-refractivity contribution is 6.32. The molecule has 1 amide bonds. The number of ether oxygens (including phenoxy) is 3. The lowest BCUT2D eigenvalue weighted by atomic mass is 10.0. The van der Waals surface area contributed by atoms with Crippen molar-refractivity contribution in [3.8, 4) is 23.3 Å². The number of hydrogen-bond donors (Lipinski definition) is 0. The molecular weight excluding hydrogens is 525 g/mol. The topological polar surface area (TPSA) is 88.9 Å². The quantitative estimate of drug-likeness (QED) is 0.294. The maximum atomic E-state index is 13.0. The van der Waals surface area contributed by atoms with E-state index < -0.39 is 35.5 Å². The van der Waals surface area contributed by atoms with Crippen LogP contribution in [0.25, 0.3) is 10.8 Å². The van der Waals surface area contributed by atoms with E-state index in [4.69, 9.17) is 25.8 Å². The number of carbonyl (C=O) groups is 2. The summed E-state index contributed by atoms with van der Waals surface area (Å²) in [6.45, 7) is 1.85. The van der Waals surface area contributed by atoms with Crippen molar-refractivity contribution in [3.05, 3.63) is 65.2 Å². The summed E-state index contributed by atoms with van der Waals surface area (Å²) in [4.78, 5) is 26.6. The molecular formula is C27H24ClF3N2O5. The second kappa shape index (κ2) is 12.2. The van der Waals surface area contributed by atoms with Gasteiger partial charge in [-0.05, 0) is 54.1 Å². The Morgan fingerprint density at radius 1 is 1.05 bits per heavy atom. The zero-order chi connectivity index (χ0) is 28.0. The van der Waals surface area contributed by atoms with E-state index in [0.717, 1.165) is 12.1 Å². The molecule has 0 heterocycles. The molecule has 0 aromatic heterocycles. The molecule has 0 bridgehead atoms. The van der Waals surface area contributed by atoms with Gasteiger partial charge in [0.2, 0.25) is 5.91 Å². The number of methoxy groups -OCH3 is 1. The third-order valence-corrected chi connectivity index (χ3v) is 5.96. The van der Waals surface area contributed by atoms with E-state index in [1.165, 1.54) is 56.3 Å². The summed E-state index contributed by atoms with van der Waals surface area (Å²) in [7, 11) is 2.93. The zero-order valence-electron chi connectivity index (χ0n) is 20.7. The largest absolute Gasteiger partial charge is 0.481 e. The molecule has 0 aliphatic heterocycles. The summed E-state index contributed by atoms with van der Waals surface area (Å²) in [6, 6.07) is 14.2. The molecule has 0 fully saturated rings. The average molecular weight is 549 g/mol. The molecule has 0 aliphatic carbocycles. The SMILES string of the molecule is COCCN(C)C(=O)C(C#N)C(=O)C(C)Oc1cc(Oc2ccc3cc(C(F)(F)F)ccc3c2)ccc1Cl. The molecule has 0 radical (unpaired) electrons. The smallest absolute Gasteiger partial charge is 0.416 e. The van der Waals surface area contributed by atoms with Crippen LogP contribution in [-0.2, 0) is 20.5 Å². The molecule has 2 unspecified atom stereocenters. The summed E-state index contributed by atoms with van der Waals surface area (Å²) in [6.07, 6.45) is -5.63. The van der Waals surface area contributed by atoms with Crippen LogP contribution in [0.15, 0.2) is 54.6 Å². The minimum Gasteiger partial charge on any atom is -0.481 e. The number of nitriles is 1. The van der Waals surface area contributed by atoms with E-state index in [1.807, 2.05) is 0 Å². The normalized spacial score (nSPS) is 12.9. The number of fused-ring (bicyclic) bond motifs is 1. The number of ketones is 1. The molecule has 7 nitrogen and oxygen atoms in total. The number of benzene rings is 3. The molecule has 38 heavy (non-hydrogen) atoms. The van der Waals surface area contributed by atoms with E-state index in [-0.39, 0.29) is 29.7 Å².